The maximum Gasteiger partial charge on any atom is 0.0156 e. The van der Waals surface area contributed by atoms with Crippen molar-refractivity contribution in [2.75, 3.05) is 0 Å². The van der Waals surface area contributed by atoms with Gasteiger partial charge in [-0.2, -0.15) is 0 Å². The molecule has 17 heavy (non-hydrogen) atoms. The van der Waals surface area contributed by atoms with Crippen molar-refractivity contribution < 1.29 is 0 Å². The van der Waals surface area contributed by atoms with Crippen molar-refractivity contribution in [1.29, 1.82) is 5.41 Å². The van der Waals surface area contributed by atoms with Crippen LogP contribution in [0, 0.1) is 40.9 Å². The summed E-state index contributed by atoms with van der Waals surface area (Å²) in [5.74, 6) is 4.38. The Balaban J connectivity index is 2.03. The molecule has 0 aliphatic heterocycles. The smallest absolute Gasteiger partial charge is 0.0156 e. The second-order valence-corrected chi connectivity index (χ2v) is 6.98. The molecule has 98 valence electrons. The minimum atomic E-state index is 0.590. The van der Waals surface area contributed by atoms with Gasteiger partial charge in [0.2, 0.25) is 0 Å². The molecule has 2 saturated carbocycles. The predicted molar refractivity (Wildman–Crippen MR) is 74.4 cm³/mol. The largest absolute Gasteiger partial charge is 0.309 e. The summed E-state index contributed by atoms with van der Waals surface area (Å²) in [5, 5.41) is 8.60. The molecule has 0 amide bonds. The van der Waals surface area contributed by atoms with Gasteiger partial charge in [0.1, 0.15) is 0 Å². The van der Waals surface area contributed by atoms with E-state index in [9.17, 15) is 0 Å². The van der Waals surface area contributed by atoms with Crippen molar-refractivity contribution in [3.8, 4) is 0 Å². The van der Waals surface area contributed by atoms with E-state index in [0.29, 0.717) is 11.8 Å². The van der Waals surface area contributed by atoms with E-state index in [2.05, 4.69) is 27.7 Å². The molecule has 1 N–H and O–H groups in total. The molecular formula is C16H29N. The molecule has 0 heterocycles. The maximum absolute atomic E-state index is 8.60. The lowest BCUT2D eigenvalue weighted by molar-refractivity contribution is 0.179. The minimum Gasteiger partial charge on any atom is -0.309 e. The Hall–Kier alpha value is -0.330. The third-order valence-electron chi connectivity index (χ3n) is 5.69. The van der Waals surface area contributed by atoms with E-state index in [-0.39, 0.29) is 0 Å². The Morgan fingerprint density at radius 2 is 1.41 bits per heavy atom. The molecule has 6 atom stereocenters. The molecule has 0 aromatic heterocycles. The summed E-state index contributed by atoms with van der Waals surface area (Å²) < 4.78 is 0. The van der Waals surface area contributed by atoms with E-state index in [4.69, 9.17) is 5.41 Å². The van der Waals surface area contributed by atoms with E-state index in [1.807, 2.05) is 0 Å². The normalized spacial score (nSPS) is 47.1. The minimum absolute atomic E-state index is 0.590. The molecule has 6 unspecified atom stereocenters. The molecule has 2 aliphatic rings. The molecular weight excluding hydrogens is 206 g/mol. The molecule has 2 fully saturated rings. The van der Waals surface area contributed by atoms with Crippen LogP contribution in [-0.2, 0) is 0 Å². The van der Waals surface area contributed by atoms with Gasteiger partial charge in [0.15, 0.2) is 0 Å². The fraction of sp³-hybridized carbons (Fsp3) is 0.938. The highest BCUT2D eigenvalue weighted by Crippen LogP contribution is 2.42. The summed E-state index contributed by atoms with van der Waals surface area (Å²) in [6, 6.07) is 0. The van der Waals surface area contributed by atoms with Crippen molar-refractivity contribution in [2.24, 2.45) is 35.5 Å². The van der Waals surface area contributed by atoms with Crippen LogP contribution in [0.1, 0.15) is 59.8 Å². The zero-order valence-corrected chi connectivity index (χ0v) is 12.0. The summed E-state index contributed by atoms with van der Waals surface area (Å²) in [5.41, 5.74) is 1.11. The number of hydrogen-bond acceptors (Lipinski definition) is 1. The molecule has 0 radical (unpaired) electrons. The zero-order valence-electron chi connectivity index (χ0n) is 12.0. The standard InChI is InChI=1S/C16H29N/c1-10-6-5-7-14(10)16(17)15-9-12(3)11(2)8-13(15)4/h10-15,17H,5-9H2,1-4H3. The molecule has 2 rings (SSSR count). The fourth-order valence-corrected chi connectivity index (χ4v) is 4.16. The highest BCUT2D eigenvalue weighted by molar-refractivity contribution is 5.87. The van der Waals surface area contributed by atoms with Gasteiger partial charge in [-0.15, -0.1) is 0 Å². The van der Waals surface area contributed by atoms with E-state index in [1.165, 1.54) is 32.1 Å². The van der Waals surface area contributed by atoms with Gasteiger partial charge in [-0.25, -0.2) is 0 Å². The predicted octanol–water partition coefficient (Wildman–Crippen LogP) is 4.76. The first-order chi connectivity index (χ1) is 8.00. The van der Waals surface area contributed by atoms with Crippen molar-refractivity contribution in [3.05, 3.63) is 0 Å². The van der Waals surface area contributed by atoms with Crippen LogP contribution in [0.3, 0.4) is 0 Å². The van der Waals surface area contributed by atoms with Gasteiger partial charge in [0, 0.05) is 5.71 Å². The van der Waals surface area contributed by atoms with E-state index < -0.39 is 0 Å². The van der Waals surface area contributed by atoms with E-state index in [0.717, 1.165) is 29.4 Å². The number of rotatable bonds is 2. The van der Waals surface area contributed by atoms with Gasteiger partial charge in [0.05, 0.1) is 0 Å². The van der Waals surface area contributed by atoms with Crippen molar-refractivity contribution in [2.45, 2.75) is 59.8 Å². The first-order valence-electron chi connectivity index (χ1n) is 7.59. The van der Waals surface area contributed by atoms with E-state index in [1.54, 1.807) is 0 Å². The van der Waals surface area contributed by atoms with Gasteiger partial charge in [-0.05, 0) is 54.8 Å². The van der Waals surface area contributed by atoms with Crippen LogP contribution in [0.5, 0.6) is 0 Å². The van der Waals surface area contributed by atoms with E-state index >= 15 is 0 Å². The summed E-state index contributed by atoms with van der Waals surface area (Å²) in [4.78, 5) is 0. The van der Waals surface area contributed by atoms with Crippen molar-refractivity contribution >= 4 is 5.71 Å². The maximum atomic E-state index is 8.60. The van der Waals surface area contributed by atoms with Gasteiger partial charge in [-0.1, -0.05) is 40.5 Å². The Kier molecular flexibility index (Phi) is 3.95. The summed E-state index contributed by atoms with van der Waals surface area (Å²) in [6.45, 7) is 9.50. The van der Waals surface area contributed by atoms with Crippen LogP contribution < -0.4 is 0 Å². The lowest BCUT2D eigenvalue weighted by atomic mass is 9.66. The summed E-state index contributed by atoms with van der Waals surface area (Å²) in [7, 11) is 0. The Morgan fingerprint density at radius 3 is 2.00 bits per heavy atom. The van der Waals surface area contributed by atoms with Gasteiger partial charge in [-0.3, -0.25) is 0 Å². The molecule has 1 nitrogen and oxygen atoms in total. The van der Waals surface area contributed by atoms with Gasteiger partial charge in [0.25, 0.3) is 0 Å². The Morgan fingerprint density at radius 1 is 0.765 bits per heavy atom. The van der Waals surface area contributed by atoms with Crippen LogP contribution in [0.4, 0.5) is 0 Å². The highest BCUT2D eigenvalue weighted by atomic mass is 14.5. The second-order valence-electron chi connectivity index (χ2n) is 6.98. The number of nitrogens with one attached hydrogen (secondary N) is 1. The third-order valence-corrected chi connectivity index (χ3v) is 5.69. The average molecular weight is 235 g/mol. The molecule has 0 saturated heterocycles. The monoisotopic (exact) mass is 235 g/mol. The highest BCUT2D eigenvalue weighted by Gasteiger charge is 2.37. The second kappa shape index (κ2) is 5.12. The lowest BCUT2D eigenvalue weighted by Gasteiger charge is -2.39. The first-order valence-corrected chi connectivity index (χ1v) is 7.59. The molecule has 1 heteroatoms. The average Bonchev–Trinajstić information content (AvgIpc) is 2.69. The summed E-state index contributed by atoms with van der Waals surface area (Å²) in [6.07, 6.45) is 6.58. The van der Waals surface area contributed by atoms with Crippen LogP contribution >= 0.6 is 0 Å². The SMILES string of the molecule is CC1CC(C)C(C(=N)C2CCCC2C)CC1C. The van der Waals surface area contributed by atoms with Crippen LogP contribution in [0.2, 0.25) is 0 Å². The van der Waals surface area contributed by atoms with Crippen LogP contribution in [0.25, 0.3) is 0 Å². The zero-order chi connectivity index (χ0) is 12.6. The van der Waals surface area contributed by atoms with Crippen molar-refractivity contribution in [1.82, 2.24) is 0 Å². The lowest BCUT2D eigenvalue weighted by Crippen LogP contribution is -2.36. The molecule has 0 spiro atoms. The van der Waals surface area contributed by atoms with Crippen molar-refractivity contribution in [3.63, 3.8) is 0 Å². The molecule has 0 bridgehead atoms. The quantitative estimate of drug-likeness (QED) is 0.667. The number of hydrogen-bond donors (Lipinski definition) is 1. The topological polar surface area (TPSA) is 23.9 Å². The molecule has 0 aromatic carbocycles. The Labute approximate surface area is 107 Å². The first kappa shape index (κ1) is 13.1. The summed E-state index contributed by atoms with van der Waals surface area (Å²) >= 11 is 0. The van der Waals surface area contributed by atoms with Gasteiger partial charge < -0.3 is 5.41 Å². The molecule has 2 aliphatic carbocycles. The van der Waals surface area contributed by atoms with Crippen LogP contribution in [0.15, 0.2) is 0 Å². The Bertz CT molecular complexity index is 283. The van der Waals surface area contributed by atoms with Gasteiger partial charge >= 0.3 is 0 Å². The van der Waals surface area contributed by atoms with Crippen LogP contribution in [-0.4, -0.2) is 5.71 Å². The molecule has 0 aromatic rings. The fourth-order valence-electron chi connectivity index (χ4n) is 4.16. The third kappa shape index (κ3) is 2.58.